The van der Waals surface area contributed by atoms with Gasteiger partial charge in [-0.25, -0.2) is 8.78 Å². The lowest BCUT2D eigenvalue weighted by atomic mass is 10.0. The maximum atomic E-state index is 13.1. The van der Waals surface area contributed by atoms with Gasteiger partial charge in [0.2, 0.25) is 0 Å². The molecule has 0 aromatic carbocycles. The lowest BCUT2D eigenvalue weighted by Gasteiger charge is -2.40. The largest absolute Gasteiger partial charge is 0.304 e. The molecule has 1 unspecified atom stereocenters. The molecule has 106 valence electrons. The standard InChI is InChI=1S/C13H25F2N3/c1-12(11-17-9-7-16(2)8-10-17)18-5-3-13(14,15)4-6-18/h12H,3-11H2,1-2H3. The Morgan fingerprint density at radius 3 is 2.11 bits per heavy atom. The first-order valence-electron chi connectivity index (χ1n) is 6.99. The highest BCUT2D eigenvalue weighted by molar-refractivity contribution is 4.82. The summed E-state index contributed by atoms with van der Waals surface area (Å²) in [4.78, 5) is 7.01. The van der Waals surface area contributed by atoms with Gasteiger partial charge in [0, 0.05) is 64.7 Å². The van der Waals surface area contributed by atoms with Gasteiger partial charge in [-0.05, 0) is 14.0 Å². The molecular formula is C13H25F2N3. The van der Waals surface area contributed by atoms with Crippen LogP contribution in [0, 0.1) is 0 Å². The van der Waals surface area contributed by atoms with Crippen LogP contribution in [0.5, 0.6) is 0 Å². The molecule has 0 aromatic heterocycles. The number of piperazine rings is 1. The maximum Gasteiger partial charge on any atom is 0.250 e. The molecule has 0 spiro atoms. The summed E-state index contributed by atoms with van der Waals surface area (Å²) < 4.78 is 26.2. The normalized spacial score (nSPS) is 29.3. The van der Waals surface area contributed by atoms with Crippen molar-refractivity contribution in [1.29, 1.82) is 0 Å². The highest BCUT2D eigenvalue weighted by atomic mass is 19.3. The third-order valence-electron chi connectivity index (χ3n) is 4.27. The van der Waals surface area contributed by atoms with Gasteiger partial charge >= 0.3 is 0 Å². The molecule has 0 aromatic rings. The van der Waals surface area contributed by atoms with E-state index >= 15 is 0 Å². The fraction of sp³-hybridized carbons (Fsp3) is 1.00. The van der Waals surface area contributed by atoms with Crippen molar-refractivity contribution < 1.29 is 8.78 Å². The smallest absolute Gasteiger partial charge is 0.250 e. The zero-order valence-electron chi connectivity index (χ0n) is 11.5. The van der Waals surface area contributed by atoms with E-state index in [4.69, 9.17) is 0 Å². The van der Waals surface area contributed by atoms with Gasteiger partial charge < -0.3 is 4.90 Å². The molecule has 0 aliphatic carbocycles. The second-order valence-corrected chi connectivity index (χ2v) is 5.84. The molecule has 18 heavy (non-hydrogen) atoms. The van der Waals surface area contributed by atoms with Crippen LogP contribution in [0.1, 0.15) is 19.8 Å². The number of hydrogen-bond acceptors (Lipinski definition) is 3. The highest BCUT2D eigenvalue weighted by Gasteiger charge is 2.35. The van der Waals surface area contributed by atoms with E-state index in [-0.39, 0.29) is 12.8 Å². The van der Waals surface area contributed by atoms with Crippen LogP contribution in [0.2, 0.25) is 0 Å². The Kier molecular flexibility index (Phi) is 4.56. The number of likely N-dealkylation sites (tertiary alicyclic amines) is 1. The summed E-state index contributed by atoms with van der Waals surface area (Å²) in [5, 5.41) is 0. The molecule has 5 heteroatoms. The SMILES string of the molecule is CC(CN1CCN(C)CC1)N1CCC(F)(F)CC1. The molecule has 0 N–H and O–H groups in total. The second-order valence-electron chi connectivity index (χ2n) is 5.84. The number of nitrogens with zero attached hydrogens (tertiary/aromatic N) is 3. The van der Waals surface area contributed by atoms with Gasteiger partial charge in [0.25, 0.3) is 5.92 Å². The minimum atomic E-state index is -2.43. The van der Waals surface area contributed by atoms with Gasteiger partial charge in [0.15, 0.2) is 0 Å². The molecule has 2 heterocycles. The molecule has 0 radical (unpaired) electrons. The van der Waals surface area contributed by atoms with Crippen molar-refractivity contribution in [1.82, 2.24) is 14.7 Å². The minimum absolute atomic E-state index is 0.0279. The third kappa shape index (κ3) is 3.87. The summed E-state index contributed by atoms with van der Waals surface area (Å²) in [6, 6.07) is 0.393. The van der Waals surface area contributed by atoms with Gasteiger partial charge in [-0.3, -0.25) is 9.80 Å². The molecule has 1 atom stereocenters. The number of hydrogen-bond donors (Lipinski definition) is 0. The Labute approximate surface area is 109 Å². The summed E-state index contributed by atoms with van der Waals surface area (Å²) in [6.07, 6.45) is 0.0557. The third-order valence-corrected chi connectivity index (χ3v) is 4.27. The van der Waals surface area contributed by atoms with Crippen molar-refractivity contribution in [2.24, 2.45) is 0 Å². The lowest BCUT2D eigenvalue weighted by Crippen LogP contribution is -2.52. The summed E-state index contributed by atoms with van der Waals surface area (Å²) in [5.41, 5.74) is 0. The van der Waals surface area contributed by atoms with E-state index in [9.17, 15) is 8.78 Å². The minimum Gasteiger partial charge on any atom is -0.304 e. The van der Waals surface area contributed by atoms with Crippen LogP contribution in [-0.4, -0.2) is 79.5 Å². The number of piperidine rings is 1. The Morgan fingerprint density at radius 2 is 1.56 bits per heavy atom. The van der Waals surface area contributed by atoms with Crippen LogP contribution >= 0.6 is 0 Å². The van der Waals surface area contributed by atoms with E-state index in [2.05, 4.69) is 28.7 Å². The lowest BCUT2D eigenvalue weighted by molar-refractivity contribution is -0.0642. The average molecular weight is 261 g/mol. The summed E-state index contributed by atoms with van der Waals surface area (Å²) in [6.45, 7) is 8.70. The first kappa shape index (κ1) is 14.2. The van der Waals surface area contributed by atoms with Gasteiger partial charge in [0.1, 0.15) is 0 Å². The van der Waals surface area contributed by atoms with E-state index in [1.54, 1.807) is 0 Å². The molecule has 0 bridgehead atoms. The van der Waals surface area contributed by atoms with E-state index in [1.165, 1.54) is 0 Å². The van der Waals surface area contributed by atoms with E-state index in [0.29, 0.717) is 19.1 Å². The van der Waals surface area contributed by atoms with Crippen LogP contribution < -0.4 is 0 Å². The molecule has 2 rings (SSSR count). The van der Waals surface area contributed by atoms with Gasteiger partial charge in [0.05, 0.1) is 0 Å². The highest BCUT2D eigenvalue weighted by Crippen LogP contribution is 2.28. The zero-order valence-corrected chi connectivity index (χ0v) is 11.5. The van der Waals surface area contributed by atoms with Crippen molar-refractivity contribution >= 4 is 0 Å². The van der Waals surface area contributed by atoms with E-state index in [1.807, 2.05) is 0 Å². The van der Waals surface area contributed by atoms with Crippen molar-refractivity contribution in [3.63, 3.8) is 0 Å². The summed E-state index contributed by atoms with van der Waals surface area (Å²) >= 11 is 0. The fourth-order valence-electron chi connectivity index (χ4n) is 2.81. The summed E-state index contributed by atoms with van der Waals surface area (Å²) in [7, 11) is 2.15. The Hall–Kier alpha value is -0.260. The molecule has 3 nitrogen and oxygen atoms in total. The van der Waals surface area contributed by atoms with Crippen LogP contribution in [-0.2, 0) is 0 Å². The van der Waals surface area contributed by atoms with Gasteiger partial charge in [-0.2, -0.15) is 0 Å². The first-order chi connectivity index (χ1) is 8.46. The zero-order chi connectivity index (χ0) is 13.2. The quantitative estimate of drug-likeness (QED) is 0.759. The Balaban J connectivity index is 1.73. The predicted molar refractivity (Wildman–Crippen MR) is 69.2 cm³/mol. The molecule has 2 saturated heterocycles. The van der Waals surface area contributed by atoms with E-state index in [0.717, 1.165) is 32.7 Å². The van der Waals surface area contributed by atoms with Crippen molar-refractivity contribution in [2.75, 3.05) is 52.9 Å². The number of halogens is 2. The van der Waals surface area contributed by atoms with Crippen LogP contribution in [0.15, 0.2) is 0 Å². The van der Waals surface area contributed by atoms with Crippen molar-refractivity contribution in [3.05, 3.63) is 0 Å². The molecule has 0 saturated carbocycles. The number of rotatable bonds is 3. The van der Waals surface area contributed by atoms with Gasteiger partial charge in [-0.1, -0.05) is 0 Å². The molecule has 2 aliphatic heterocycles. The molecular weight excluding hydrogens is 236 g/mol. The topological polar surface area (TPSA) is 9.72 Å². The first-order valence-corrected chi connectivity index (χ1v) is 6.99. The molecule has 0 amide bonds. The monoisotopic (exact) mass is 261 g/mol. The number of likely N-dealkylation sites (N-methyl/N-ethyl adjacent to an activating group) is 1. The maximum absolute atomic E-state index is 13.1. The second kappa shape index (κ2) is 5.80. The molecule has 2 fully saturated rings. The summed E-state index contributed by atoms with van der Waals surface area (Å²) in [5.74, 6) is -2.43. The van der Waals surface area contributed by atoms with Gasteiger partial charge in [-0.15, -0.1) is 0 Å². The van der Waals surface area contributed by atoms with Crippen molar-refractivity contribution in [2.45, 2.75) is 31.7 Å². The van der Waals surface area contributed by atoms with Crippen LogP contribution in [0.3, 0.4) is 0 Å². The fourth-order valence-corrected chi connectivity index (χ4v) is 2.81. The molecule has 2 aliphatic rings. The Morgan fingerprint density at radius 1 is 1.00 bits per heavy atom. The Bertz CT molecular complexity index is 255. The number of alkyl halides is 2. The van der Waals surface area contributed by atoms with E-state index < -0.39 is 5.92 Å². The van der Waals surface area contributed by atoms with Crippen LogP contribution in [0.4, 0.5) is 8.78 Å². The predicted octanol–water partition coefficient (Wildman–Crippen LogP) is 1.35. The average Bonchev–Trinajstić information content (AvgIpc) is 2.32. The van der Waals surface area contributed by atoms with Crippen LogP contribution in [0.25, 0.3) is 0 Å². The van der Waals surface area contributed by atoms with Crippen molar-refractivity contribution in [3.8, 4) is 0 Å².